The number of likely N-dealkylation sites (N-methyl/N-ethyl adjacent to an activating group) is 1. The number of carbonyl (C=O) groups excluding carboxylic acids is 1. The van der Waals surface area contributed by atoms with Crippen molar-refractivity contribution in [1.82, 2.24) is 15.2 Å². The first-order valence-electron chi connectivity index (χ1n) is 9.49. The maximum atomic E-state index is 12.4. The van der Waals surface area contributed by atoms with Crippen LogP contribution in [0.2, 0.25) is 0 Å². The van der Waals surface area contributed by atoms with Gasteiger partial charge in [-0.1, -0.05) is 38.1 Å². The molecule has 26 heavy (non-hydrogen) atoms. The summed E-state index contributed by atoms with van der Waals surface area (Å²) >= 11 is 0. The number of carbonyl (C=O) groups is 1. The van der Waals surface area contributed by atoms with E-state index >= 15 is 0 Å². The number of pyridine rings is 1. The number of amides is 1. The monoisotopic (exact) mass is 352 g/mol. The van der Waals surface area contributed by atoms with Crippen molar-refractivity contribution in [3.05, 3.63) is 59.4 Å². The van der Waals surface area contributed by atoms with Gasteiger partial charge in [-0.2, -0.15) is 0 Å². The van der Waals surface area contributed by atoms with E-state index in [1.165, 1.54) is 11.1 Å². The van der Waals surface area contributed by atoms with Crippen molar-refractivity contribution in [3.8, 4) is 0 Å². The number of hydrogen-bond acceptors (Lipinski definition) is 4. The molecule has 1 aromatic heterocycles. The van der Waals surface area contributed by atoms with Gasteiger partial charge in [0, 0.05) is 38.1 Å². The Bertz CT molecular complexity index is 742. The molecular formula is C21H28N4O. The second kappa shape index (κ2) is 8.81. The highest BCUT2D eigenvalue weighted by Gasteiger charge is 2.17. The van der Waals surface area contributed by atoms with E-state index in [1.807, 2.05) is 12.1 Å². The molecule has 0 aliphatic carbocycles. The van der Waals surface area contributed by atoms with Crippen LogP contribution in [0.5, 0.6) is 0 Å². The fourth-order valence-electron chi connectivity index (χ4n) is 3.41. The van der Waals surface area contributed by atoms with Crippen LogP contribution in [0.15, 0.2) is 42.6 Å². The van der Waals surface area contributed by atoms with Crippen molar-refractivity contribution < 1.29 is 4.79 Å². The van der Waals surface area contributed by atoms with Gasteiger partial charge in [0.05, 0.1) is 0 Å². The zero-order valence-electron chi connectivity index (χ0n) is 15.7. The van der Waals surface area contributed by atoms with E-state index in [2.05, 4.69) is 58.2 Å². The molecule has 2 heterocycles. The second-order valence-electron chi connectivity index (χ2n) is 6.62. The van der Waals surface area contributed by atoms with Gasteiger partial charge >= 0.3 is 0 Å². The molecule has 0 spiro atoms. The molecule has 2 aromatic rings. The first-order valence-corrected chi connectivity index (χ1v) is 9.49. The molecule has 1 amide bonds. The Labute approximate surface area is 156 Å². The fraction of sp³-hybridized carbons (Fsp3) is 0.429. The summed E-state index contributed by atoms with van der Waals surface area (Å²) < 4.78 is 0. The largest absolute Gasteiger partial charge is 0.367 e. The van der Waals surface area contributed by atoms with Crippen molar-refractivity contribution in [2.75, 3.05) is 37.6 Å². The highest BCUT2D eigenvalue weighted by molar-refractivity contribution is 5.93. The van der Waals surface area contributed by atoms with Crippen LogP contribution in [0.25, 0.3) is 0 Å². The molecule has 0 bridgehead atoms. The molecule has 5 nitrogen and oxygen atoms in total. The highest BCUT2D eigenvalue weighted by Crippen LogP contribution is 2.24. The number of nitrogens with zero attached hydrogens (tertiary/aromatic N) is 3. The van der Waals surface area contributed by atoms with Crippen LogP contribution in [0.1, 0.15) is 35.5 Å². The Hall–Kier alpha value is -2.40. The summed E-state index contributed by atoms with van der Waals surface area (Å²) in [6, 6.07) is 12.5. The van der Waals surface area contributed by atoms with Gasteiger partial charge in [0.2, 0.25) is 0 Å². The summed E-state index contributed by atoms with van der Waals surface area (Å²) in [5, 5.41) is 2.98. The number of benzene rings is 1. The average Bonchev–Trinajstić information content (AvgIpc) is 2.71. The molecule has 0 saturated heterocycles. The number of rotatable bonds is 7. The predicted molar refractivity (Wildman–Crippen MR) is 106 cm³/mol. The van der Waals surface area contributed by atoms with E-state index in [0.29, 0.717) is 12.2 Å². The number of hydrogen-bond donors (Lipinski definition) is 1. The fourth-order valence-corrected chi connectivity index (χ4v) is 3.41. The van der Waals surface area contributed by atoms with Gasteiger partial charge in [-0.05, 0) is 42.8 Å². The van der Waals surface area contributed by atoms with Gasteiger partial charge in [0.25, 0.3) is 5.91 Å². The third-order valence-electron chi connectivity index (χ3n) is 5.08. The molecule has 0 fully saturated rings. The zero-order valence-corrected chi connectivity index (χ0v) is 15.7. The van der Waals surface area contributed by atoms with Gasteiger partial charge in [-0.3, -0.25) is 9.78 Å². The van der Waals surface area contributed by atoms with Gasteiger partial charge in [-0.15, -0.1) is 0 Å². The zero-order chi connectivity index (χ0) is 18.4. The second-order valence-corrected chi connectivity index (χ2v) is 6.62. The first kappa shape index (κ1) is 18.4. The maximum Gasteiger partial charge on any atom is 0.269 e. The van der Waals surface area contributed by atoms with Crippen LogP contribution in [0.3, 0.4) is 0 Å². The summed E-state index contributed by atoms with van der Waals surface area (Å²) in [7, 11) is 0. The Kier molecular flexibility index (Phi) is 6.23. The van der Waals surface area contributed by atoms with Crippen LogP contribution in [0, 0.1) is 0 Å². The normalized spacial score (nSPS) is 13.6. The quantitative estimate of drug-likeness (QED) is 0.832. The van der Waals surface area contributed by atoms with E-state index in [4.69, 9.17) is 0 Å². The Morgan fingerprint density at radius 3 is 2.73 bits per heavy atom. The SMILES string of the molecule is CCN(CC)CCNC(=O)c1cc(N2CCc3ccccc3C2)ccn1. The lowest BCUT2D eigenvalue weighted by molar-refractivity contribution is 0.0944. The maximum absolute atomic E-state index is 12.4. The van der Waals surface area contributed by atoms with Crippen molar-refractivity contribution in [1.29, 1.82) is 0 Å². The molecule has 0 radical (unpaired) electrons. The molecule has 0 saturated carbocycles. The van der Waals surface area contributed by atoms with E-state index < -0.39 is 0 Å². The molecular weight excluding hydrogens is 324 g/mol. The van der Waals surface area contributed by atoms with E-state index in [-0.39, 0.29) is 5.91 Å². The molecule has 1 aliphatic heterocycles. The highest BCUT2D eigenvalue weighted by atomic mass is 16.1. The van der Waals surface area contributed by atoms with E-state index in [0.717, 1.165) is 44.8 Å². The summed E-state index contributed by atoms with van der Waals surface area (Å²) in [6.45, 7) is 9.60. The van der Waals surface area contributed by atoms with Gasteiger partial charge < -0.3 is 15.1 Å². The Morgan fingerprint density at radius 1 is 1.19 bits per heavy atom. The lowest BCUT2D eigenvalue weighted by Gasteiger charge is -2.30. The van der Waals surface area contributed by atoms with Gasteiger partial charge in [0.15, 0.2) is 0 Å². The van der Waals surface area contributed by atoms with E-state index in [9.17, 15) is 4.79 Å². The van der Waals surface area contributed by atoms with Crippen LogP contribution >= 0.6 is 0 Å². The molecule has 3 rings (SSSR count). The van der Waals surface area contributed by atoms with Gasteiger partial charge in [-0.25, -0.2) is 0 Å². The summed E-state index contributed by atoms with van der Waals surface area (Å²) in [5.74, 6) is -0.101. The summed E-state index contributed by atoms with van der Waals surface area (Å²) in [5.41, 5.74) is 4.33. The number of nitrogens with one attached hydrogen (secondary N) is 1. The van der Waals surface area contributed by atoms with E-state index in [1.54, 1.807) is 6.20 Å². The molecule has 1 aliphatic rings. The molecule has 138 valence electrons. The first-order chi connectivity index (χ1) is 12.7. The summed E-state index contributed by atoms with van der Waals surface area (Å²) in [4.78, 5) is 21.3. The van der Waals surface area contributed by atoms with Crippen LogP contribution in [-0.2, 0) is 13.0 Å². The molecule has 1 aromatic carbocycles. The lowest BCUT2D eigenvalue weighted by atomic mass is 9.99. The van der Waals surface area contributed by atoms with Crippen molar-refractivity contribution in [3.63, 3.8) is 0 Å². The summed E-state index contributed by atoms with van der Waals surface area (Å²) in [6.07, 6.45) is 2.76. The third-order valence-corrected chi connectivity index (χ3v) is 5.08. The topological polar surface area (TPSA) is 48.5 Å². The number of fused-ring (bicyclic) bond motifs is 1. The van der Waals surface area contributed by atoms with Crippen LogP contribution in [0.4, 0.5) is 5.69 Å². The van der Waals surface area contributed by atoms with Crippen molar-refractivity contribution >= 4 is 11.6 Å². The average molecular weight is 352 g/mol. The predicted octanol–water partition coefficient (Wildman–Crippen LogP) is 2.72. The molecule has 0 unspecified atom stereocenters. The smallest absolute Gasteiger partial charge is 0.269 e. The third kappa shape index (κ3) is 4.41. The molecule has 0 atom stereocenters. The molecule has 5 heteroatoms. The minimum absolute atomic E-state index is 0.101. The number of anilines is 1. The standard InChI is InChI=1S/C21H28N4O/c1-3-24(4-2)14-12-23-21(26)20-15-19(9-11-22-20)25-13-10-17-7-5-6-8-18(17)16-25/h5-9,11,15H,3-4,10,12-14,16H2,1-2H3,(H,23,26). The van der Waals surface area contributed by atoms with Crippen LogP contribution in [-0.4, -0.2) is 48.5 Å². The van der Waals surface area contributed by atoms with Crippen LogP contribution < -0.4 is 10.2 Å². The Balaban J connectivity index is 1.62. The number of aromatic nitrogens is 1. The lowest BCUT2D eigenvalue weighted by Crippen LogP contribution is -2.35. The van der Waals surface area contributed by atoms with Crippen molar-refractivity contribution in [2.45, 2.75) is 26.8 Å². The Morgan fingerprint density at radius 2 is 1.96 bits per heavy atom. The molecule has 1 N–H and O–H groups in total. The minimum atomic E-state index is -0.101. The minimum Gasteiger partial charge on any atom is -0.367 e. The van der Waals surface area contributed by atoms with Gasteiger partial charge in [0.1, 0.15) is 5.69 Å². The van der Waals surface area contributed by atoms with Crippen molar-refractivity contribution in [2.24, 2.45) is 0 Å².